The molecule has 0 aliphatic heterocycles. The van der Waals surface area contributed by atoms with E-state index in [1.807, 2.05) is 6.07 Å². The number of carbonyl (C=O) groups excluding carboxylic acids is 3. The second-order valence-corrected chi connectivity index (χ2v) is 7.67. The van der Waals surface area contributed by atoms with E-state index in [0.29, 0.717) is 18.4 Å². The average molecular weight is 447 g/mol. The molecule has 0 heterocycles. The van der Waals surface area contributed by atoms with Crippen molar-refractivity contribution in [2.45, 2.75) is 43.9 Å². The molecule has 3 rings (SSSR count). The topological polar surface area (TPSA) is 87.3 Å². The van der Waals surface area contributed by atoms with E-state index >= 15 is 0 Å². The standard InChI is InChI=1S/C23H24F3N3O3/c24-23(25,26)17-10-6-9-16(13-17)21(31)27-14-20(30)28-18-11-4-5-12-19(18)29-22(32)15-7-2-1-3-8-15/h1-3,6-10,13,18-19H,4-5,11-12,14H2,(H,27,31)(H,28,30)(H,29,32). The Bertz CT molecular complexity index is 964. The summed E-state index contributed by atoms with van der Waals surface area (Å²) in [6, 6.07) is 12.2. The van der Waals surface area contributed by atoms with Crippen LogP contribution in [0, 0.1) is 0 Å². The Kier molecular flexibility index (Phi) is 7.50. The van der Waals surface area contributed by atoms with E-state index in [-0.39, 0.29) is 30.1 Å². The lowest BCUT2D eigenvalue weighted by Crippen LogP contribution is -2.54. The Morgan fingerprint density at radius 1 is 0.812 bits per heavy atom. The molecular weight excluding hydrogens is 423 g/mol. The summed E-state index contributed by atoms with van der Waals surface area (Å²) in [4.78, 5) is 37.0. The van der Waals surface area contributed by atoms with E-state index < -0.39 is 23.6 Å². The van der Waals surface area contributed by atoms with Crippen LogP contribution in [-0.4, -0.2) is 36.3 Å². The molecule has 3 amide bonds. The fourth-order valence-corrected chi connectivity index (χ4v) is 3.67. The first-order valence-electron chi connectivity index (χ1n) is 10.3. The quantitative estimate of drug-likeness (QED) is 0.635. The summed E-state index contributed by atoms with van der Waals surface area (Å²) in [6.07, 6.45) is -1.38. The van der Waals surface area contributed by atoms with Crippen molar-refractivity contribution in [3.05, 3.63) is 71.3 Å². The van der Waals surface area contributed by atoms with Gasteiger partial charge in [0.2, 0.25) is 5.91 Å². The maximum atomic E-state index is 12.8. The highest BCUT2D eigenvalue weighted by molar-refractivity contribution is 5.97. The fourth-order valence-electron chi connectivity index (χ4n) is 3.67. The Hall–Kier alpha value is -3.36. The van der Waals surface area contributed by atoms with Crippen molar-refractivity contribution in [2.75, 3.05) is 6.54 Å². The van der Waals surface area contributed by atoms with Gasteiger partial charge in [-0.25, -0.2) is 0 Å². The molecule has 1 fully saturated rings. The van der Waals surface area contributed by atoms with Gasteiger partial charge in [0.25, 0.3) is 11.8 Å². The van der Waals surface area contributed by atoms with Crippen molar-refractivity contribution >= 4 is 17.7 Å². The van der Waals surface area contributed by atoms with E-state index in [4.69, 9.17) is 0 Å². The van der Waals surface area contributed by atoms with Crippen LogP contribution in [0.1, 0.15) is 52.0 Å². The van der Waals surface area contributed by atoms with Gasteiger partial charge in [-0.15, -0.1) is 0 Å². The normalized spacial score (nSPS) is 18.5. The molecule has 6 nitrogen and oxygen atoms in total. The van der Waals surface area contributed by atoms with E-state index in [1.54, 1.807) is 24.3 Å². The van der Waals surface area contributed by atoms with Crippen LogP contribution in [0.5, 0.6) is 0 Å². The molecule has 0 bridgehead atoms. The summed E-state index contributed by atoms with van der Waals surface area (Å²) in [6.45, 7) is -0.384. The highest BCUT2D eigenvalue weighted by atomic mass is 19.4. The zero-order chi connectivity index (χ0) is 23.1. The summed E-state index contributed by atoms with van der Waals surface area (Å²) in [7, 11) is 0. The van der Waals surface area contributed by atoms with Crippen LogP contribution in [0.2, 0.25) is 0 Å². The predicted octanol–water partition coefficient (Wildman–Crippen LogP) is 3.29. The van der Waals surface area contributed by atoms with Crippen LogP contribution < -0.4 is 16.0 Å². The van der Waals surface area contributed by atoms with Crippen molar-refractivity contribution in [3.63, 3.8) is 0 Å². The second-order valence-electron chi connectivity index (χ2n) is 7.67. The molecule has 3 N–H and O–H groups in total. The number of benzene rings is 2. The SMILES string of the molecule is O=C(CNC(=O)c1cccc(C(F)(F)F)c1)NC1CCCCC1NC(=O)c1ccccc1. The number of carbonyl (C=O) groups is 3. The van der Waals surface area contributed by atoms with Crippen LogP contribution in [0.3, 0.4) is 0 Å². The fraction of sp³-hybridized carbons (Fsp3) is 0.348. The Labute approximate surface area is 183 Å². The molecule has 0 saturated heterocycles. The monoisotopic (exact) mass is 447 g/mol. The van der Waals surface area contributed by atoms with Gasteiger partial charge >= 0.3 is 6.18 Å². The molecular formula is C23H24F3N3O3. The molecule has 2 aromatic carbocycles. The molecule has 1 saturated carbocycles. The molecule has 0 radical (unpaired) electrons. The molecule has 2 aromatic rings. The van der Waals surface area contributed by atoms with Gasteiger partial charge < -0.3 is 16.0 Å². The number of rotatable bonds is 6. The Balaban J connectivity index is 1.54. The smallest absolute Gasteiger partial charge is 0.350 e. The third-order valence-electron chi connectivity index (χ3n) is 5.33. The first-order chi connectivity index (χ1) is 15.2. The summed E-state index contributed by atoms with van der Waals surface area (Å²) in [5.74, 6) is -1.48. The zero-order valence-electron chi connectivity index (χ0n) is 17.2. The first-order valence-corrected chi connectivity index (χ1v) is 10.3. The van der Waals surface area contributed by atoms with Gasteiger partial charge in [0.05, 0.1) is 12.1 Å². The van der Waals surface area contributed by atoms with Crippen molar-refractivity contribution in [3.8, 4) is 0 Å². The van der Waals surface area contributed by atoms with Gasteiger partial charge in [0.15, 0.2) is 0 Å². The largest absolute Gasteiger partial charge is 0.416 e. The van der Waals surface area contributed by atoms with Gasteiger partial charge in [-0.05, 0) is 43.2 Å². The number of alkyl halides is 3. The number of hydrogen-bond acceptors (Lipinski definition) is 3. The minimum Gasteiger partial charge on any atom is -0.350 e. The van der Waals surface area contributed by atoms with E-state index in [2.05, 4.69) is 16.0 Å². The third-order valence-corrected chi connectivity index (χ3v) is 5.33. The van der Waals surface area contributed by atoms with E-state index in [1.165, 1.54) is 6.07 Å². The zero-order valence-corrected chi connectivity index (χ0v) is 17.2. The van der Waals surface area contributed by atoms with Crippen LogP contribution in [0.25, 0.3) is 0 Å². The number of halogens is 3. The van der Waals surface area contributed by atoms with Gasteiger partial charge in [-0.1, -0.05) is 37.1 Å². The predicted molar refractivity (Wildman–Crippen MR) is 112 cm³/mol. The molecule has 170 valence electrons. The lowest BCUT2D eigenvalue weighted by molar-refractivity contribution is -0.137. The van der Waals surface area contributed by atoms with Gasteiger partial charge in [0.1, 0.15) is 0 Å². The Morgan fingerprint density at radius 3 is 2.09 bits per heavy atom. The Morgan fingerprint density at radius 2 is 1.44 bits per heavy atom. The summed E-state index contributed by atoms with van der Waals surface area (Å²) >= 11 is 0. The van der Waals surface area contributed by atoms with Crippen LogP contribution >= 0.6 is 0 Å². The minimum absolute atomic E-state index is 0.182. The second kappa shape index (κ2) is 10.3. The maximum absolute atomic E-state index is 12.8. The van der Waals surface area contributed by atoms with Gasteiger partial charge in [-0.3, -0.25) is 14.4 Å². The summed E-state index contributed by atoms with van der Waals surface area (Å²) in [5, 5.41) is 8.12. The maximum Gasteiger partial charge on any atom is 0.416 e. The first kappa shape index (κ1) is 23.3. The van der Waals surface area contributed by atoms with Crippen molar-refractivity contribution in [1.29, 1.82) is 0 Å². The molecule has 0 aromatic heterocycles. The number of hydrogen-bond donors (Lipinski definition) is 3. The number of amides is 3. The van der Waals surface area contributed by atoms with Gasteiger partial charge in [0, 0.05) is 23.2 Å². The minimum atomic E-state index is -4.56. The van der Waals surface area contributed by atoms with Crippen LogP contribution in [-0.2, 0) is 11.0 Å². The molecule has 1 aliphatic carbocycles. The highest BCUT2D eigenvalue weighted by Crippen LogP contribution is 2.29. The molecule has 1 aliphatic rings. The molecule has 2 atom stereocenters. The average Bonchev–Trinajstić information content (AvgIpc) is 2.79. The van der Waals surface area contributed by atoms with E-state index in [0.717, 1.165) is 31.0 Å². The van der Waals surface area contributed by atoms with Gasteiger partial charge in [-0.2, -0.15) is 13.2 Å². The van der Waals surface area contributed by atoms with E-state index in [9.17, 15) is 27.6 Å². The van der Waals surface area contributed by atoms with Crippen molar-refractivity contribution in [1.82, 2.24) is 16.0 Å². The number of nitrogens with one attached hydrogen (secondary N) is 3. The lowest BCUT2D eigenvalue weighted by Gasteiger charge is -2.32. The van der Waals surface area contributed by atoms with Crippen LogP contribution in [0.15, 0.2) is 54.6 Å². The molecule has 0 spiro atoms. The highest BCUT2D eigenvalue weighted by Gasteiger charge is 2.31. The van der Waals surface area contributed by atoms with Crippen molar-refractivity contribution < 1.29 is 27.6 Å². The summed E-state index contributed by atoms with van der Waals surface area (Å²) in [5.41, 5.74) is -0.594. The third kappa shape index (κ3) is 6.32. The summed E-state index contributed by atoms with van der Waals surface area (Å²) < 4.78 is 38.4. The lowest BCUT2D eigenvalue weighted by atomic mass is 9.90. The molecule has 2 unspecified atom stereocenters. The van der Waals surface area contributed by atoms with Crippen LogP contribution in [0.4, 0.5) is 13.2 Å². The van der Waals surface area contributed by atoms with Crippen molar-refractivity contribution in [2.24, 2.45) is 0 Å². The molecule has 32 heavy (non-hydrogen) atoms. The molecule has 9 heteroatoms.